The predicted molar refractivity (Wildman–Crippen MR) is 62.8 cm³/mol. The number of rotatable bonds is 5. The van der Waals surface area contributed by atoms with Crippen LogP contribution in [0.5, 0.6) is 0 Å². The van der Waals surface area contributed by atoms with E-state index in [0.29, 0.717) is 0 Å². The van der Waals surface area contributed by atoms with Crippen molar-refractivity contribution in [3.8, 4) is 0 Å². The molecule has 1 aromatic carbocycles. The molecule has 0 amide bonds. The van der Waals surface area contributed by atoms with Gasteiger partial charge in [-0.15, -0.1) is 0 Å². The minimum atomic E-state index is 1.10. The lowest BCUT2D eigenvalue weighted by Crippen LogP contribution is -2.18. The van der Waals surface area contributed by atoms with Crippen molar-refractivity contribution in [2.75, 3.05) is 13.1 Å². The highest BCUT2D eigenvalue weighted by atomic mass is 14.8. The Morgan fingerprint density at radius 2 is 1.93 bits per heavy atom. The van der Waals surface area contributed by atoms with E-state index in [2.05, 4.69) is 44.3 Å². The summed E-state index contributed by atoms with van der Waals surface area (Å²) >= 11 is 0. The van der Waals surface area contributed by atoms with Crippen LogP contribution in [0.3, 0.4) is 0 Å². The average Bonchev–Trinajstić information content (AvgIpc) is 2.19. The number of nitrogens with one attached hydrogen (secondary N) is 1. The van der Waals surface area contributed by atoms with Gasteiger partial charge < -0.3 is 5.32 Å². The number of hydrogen-bond donors (Lipinski definition) is 1. The quantitative estimate of drug-likeness (QED) is 0.706. The van der Waals surface area contributed by atoms with Gasteiger partial charge in [-0.1, -0.05) is 25.1 Å². The van der Waals surface area contributed by atoms with Gasteiger partial charge in [-0.2, -0.15) is 0 Å². The fourth-order valence-corrected chi connectivity index (χ4v) is 1.61. The van der Waals surface area contributed by atoms with Crippen LogP contribution in [0.1, 0.15) is 30.0 Å². The molecule has 1 heteroatoms. The normalized spacial score (nSPS) is 10.5. The molecule has 0 saturated carbocycles. The Labute approximate surface area is 87.5 Å². The minimum absolute atomic E-state index is 1.10. The third-order valence-electron chi connectivity index (χ3n) is 2.71. The maximum absolute atomic E-state index is 3.43. The first kappa shape index (κ1) is 11.3. The van der Waals surface area contributed by atoms with Gasteiger partial charge in [0.15, 0.2) is 0 Å². The molecule has 14 heavy (non-hydrogen) atoms. The topological polar surface area (TPSA) is 12.0 Å². The van der Waals surface area contributed by atoms with Gasteiger partial charge in [0.2, 0.25) is 0 Å². The molecule has 1 aromatic rings. The minimum Gasteiger partial charge on any atom is -0.316 e. The Morgan fingerprint density at radius 1 is 1.14 bits per heavy atom. The zero-order chi connectivity index (χ0) is 10.4. The summed E-state index contributed by atoms with van der Waals surface area (Å²) in [5.74, 6) is 0. The molecule has 0 unspecified atom stereocenters. The third kappa shape index (κ3) is 3.15. The van der Waals surface area contributed by atoms with Gasteiger partial charge in [-0.25, -0.2) is 0 Å². The van der Waals surface area contributed by atoms with Crippen LogP contribution < -0.4 is 5.32 Å². The van der Waals surface area contributed by atoms with E-state index in [1.54, 1.807) is 0 Å². The molecule has 0 atom stereocenters. The molecular weight excluding hydrogens is 170 g/mol. The maximum Gasteiger partial charge on any atom is -0.000825 e. The van der Waals surface area contributed by atoms with Crippen molar-refractivity contribution >= 4 is 0 Å². The maximum atomic E-state index is 3.43. The van der Waals surface area contributed by atoms with Crippen molar-refractivity contribution in [1.82, 2.24) is 5.32 Å². The Balaban J connectivity index is 2.46. The van der Waals surface area contributed by atoms with Crippen LogP contribution in [0.15, 0.2) is 18.2 Å². The first-order valence-corrected chi connectivity index (χ1v) is 5.51. The highest BCUT2D eigenvalue weighted by molar-refractivity contribution is 5.33. The van der Waals surface area contributed by atoms with Crippen LogP contribution in [0.2, 0.25) is 0 Å². The van der Waals surface area contributed by atoms with E-state index in [0.717, 1.165) is 19.5 Å². The standard InChI is InChI=1S/C13H21N/c1-4-9-14-10-8-13-7-5-6-11(2)12(13)3/h5-7,14H,4,8-10H2,1-3H3. The molecule has 78 valence electrons. The van der Waals surface area contributed by atoms with Gasteiger partial charge in [0, 0.05) is 0 Å². The van der Waals surface area contributed by atoms with E-state index in [4.69, 9.17) is 0 Å². The smallest absolute Gasteiger partial charge is 0.000825 e. The molecule has 0 bridgehead atoms. The number of hydrogen-bond acceptors (Lipinski definition) is 1. The third-order valence-corrected chi connectivity index (χ3v) is 2.71. The predicted octanol–water partition coefficient (Wildman–Crippen LogP) is 2.85. The highest BCUT2D eigenvalue weighted by Crippen LogP contribution is 2.12. The fourth-order valence-electron chi connectivity index (χ4n) is 1.61. The monoisotopic (exact) mass is 191 g/mol. The number of benzene rings is 1. The van der Waals surface area contributed by atoms with Crippen molar-refractivity contribution < 1.29 is 0 Å². The van der Waals surface area contributed by atoms with Gasteiger partial charge in [0.25, 0.3) is 0 Å². The van der Waals surface area contributed by atoms with Crippen molar-refractivity contribution in [2.24, 2.45) is 0 Å². The summed E-state index contributed by atoms with van der Waals surface area (Å²) < 4.78 is 0. The van der Waals surface area contributed by atoms with E-state index < -0.39 is 0 Å². The Bertz CT molecular complexity index is 279. The summed E-state index contributed by atoms with van der Waals surface area (Å²) in [5.41, 5.74) is 4.33. The summed E-state index contributed by atoms with van der Waals surface area (Å²) in [7, 11) is 0. The van der Waals surface area contributed by atoms with Crippen LogP contribution >= 0.6 is 0 Å². The highest BCUT2D eigenvalue weighted by Gasteiger charge is 1.99. The van der Waals surface area contributed by atoms with E-state index in [9.17, 15) is 0 Å². The summed E-state index contributed by atoms with van der Waals surface area (Å²) in [6, 6.07) is 6.56. The lowest BCUT2D eigenvalue weighted by Gasteiger charge is -2.08. The molecule has 1 N–H and O–H groups in total. The fraction of sp³-hybridized carbons (Fsp3) is 0.538. The van der Waals surface area contributed by atoms with Gasteiger partial charge in [0.05, 0.1) is 0 Å². The van der Waals surface area contributed by atoms with Gasteiger partial charge in [-0.3, -0.25) is 0 Å². The first-order valence-electron chi connectivity index (χ1n) is 5.51. The van der Waals surface area contributed by atoms with Crippen LogP contribution in [0.4, 0.5) is 0 Å². The molecule has 1 rings (SSSR count). The summed E-state index contributed by atoms with van der Waals surface area (Å²) in [4.78, 5) is 0. The second-order valence-corrected chi connectivity index (χ2v) is 3.86. The van der Waals surface area contributed by atoms with Crippen LogP contribution in [-0.4, -0.2) is 13.1 Å². The lowest BCUT2D eigenvalue weighted by molar-refractivity contribution is 0.670. The molecule has 1 nitrogen and oxygen atoms in total. The summed E-state index contributed by atoms with van der Waals surface area (Å²) in [6.07, 6.45) is 2.36. The molecule has 0 heterocycles. The van der Waals surface area contributed by atoms with E-state index >= 15 is 0 Å². The van der Waals surface area contributed by atoms with Crippen LogP contribution in [-0.2, 0) is 6.42 Å². The number of aryl methyl sites for hydroxylation is 1. The summed E-state index contributed by atoms with van der Waals surface area (Å²) in [5, 5.41) is 3.43. The van der Waals surface area contributed by atoms with Gasteiger partial charge in [0.1, 0.15) is 0 Å². The second kappa shape index (κ2) is 5.82. The molecule has 0 aliphatic heterocycles. The van der Waals surface area contributed by atoms with Crippen molar-refractivity contribution in [2.45, 2.75) is 33.6 Å². The zero-order valence-electron chi connectivity index (χ0n) is 9.56. The van der Waals surface area contributed by atoms with Crippen molar-refractivity contribution in [3.05, 3.63) is 34.9 Å². The molecule has 0 fully saturated rings. The average molecular weight is 191 g/mol. The second-order valence-electron chi connectivity index (χ2n) is 3.86. The molecule has 0 aliphatic rings. The molecule has 0 aromatic heterocycles. The first-order chi connectivity index (χ1) is 6.75. The molecule has 0 radical (unpaired) electrons. The van der Waals surface area contributed by atoms with E-state index in [1.807, 2.05) is 0 Å². The molecule has 0 spiro atoms. The van der Waals surface area contributed by atoms with Crippen molar-refractivity contribution in [1.29, 1.82) is 0 Å². The summed E-state index contributed by atoms with van der Waals surface area (Å²) in [6.45, 7) is 8.82. The molecular formula is C13H21N. The molecule has 0 aliphatic carbocycles. The Kier molecular flexibility index (Phi) is 4.68. The van der Waals surface area contributed by atoms with E-state index in [-0.39, 0.29) is 0 Å². The SMILES string of the molecule is CCCNCCc1cccc(C)c1C. The Morgan fingerprint density at radius 3 is 2.64 bits per heavy atom. The van der Waals surface area contributed by atoms with Crippen LogP contribution in [0, 0.1) is 13.8 Å². The largest absolute Gasteiger partial charge is 0.316 e. The molecule has 0 saturated heterocycles. The van der Waals surface area contributed by atoms with Crippen LogP contribution in [0.25, 0.3) is 0 Å². The van der Waals surface area contributed by atoms with Crippen molar-refractivity contribution in [3.63, 3.8) is 0 Å². The van der Waals surface area contributed by atoms with E-state index in [1.165, 1.54) is 23.1 Å². The zero-order valence-corrected chi connectivity index (χ0v) is 9.56. The lowest BCUT2D eigenvalue weighted by atomic mass is 10.0. The van der Waals surface area contributed by atoms with Gasteiger partial charge in [-0.05, 0) is 56.5 Å². The Hall–Kier alpha value is -0.820. The van der Waals surface area contributed by atoms with Gasteiger partial charge >= 0.3 is 0 Å².